The maximum Gasteiger partial charge on any atom is 0.255 e. The number of methoxy groups -OCH3 is 1. The Labute approximate surface area is 144 Å². The molecule has 0 fully saturated rings. The lowest BCUT2D eigenvalue weighted by Crippen LogP contribution is -2.23. The van der Waals surface area contributed by atoms with Gasteiger partial charge >= 0.3 is 0 Å². The van der Waals surface area contributed by atoms with E-state index in [-0.39, 0.29) is 12.0 Å². The molecule has 2 aromatic carbocycles. The zero-order chi connectivity index (χ0) is 16.8. The summed E-state index contributed by atoms with van der Waals surface area (Å²) in [6, 6.07) is 13.0. The van der Waals surface area contributed by atoms with E-state index in [0.717, 1.165) is 15.8 Å². The standard InChI is InChI=1S/C18H20BrNO3/c1-12(2)23-15-7-4-13(5-8-15)11-20-18(21)16-10-14(19)6-9-17(16)22-3/h4-10,12H,11H2,1-3H3,(H,20,21). The molecule has 0 aromatic heterocycles. The predicted molar refractivity (Wildman–Crippen MR) is 94.1 cm³/mol. The molecule has 122 valence electrons. The zero-order valence-electron chi connectivity index (χ0n) is 13.4. The van der Waals surface area contributed by atoms with Crippen LogP contribution in [0.2, 0.25) is 0 Å². The summed E-state index contributed by atoms with van der Waals surface area (Å²) in [6.07, 6.45) is 0.143. The Hall–Kier alpha value is -2.01. The van der Waals surface area contributed by atoms with E-state index < -0.39 is 0 Å². The maximum absolute atomic E-state index is 12.3. The van der Waals surface area contributed by atoms with Crippen molar-refractivity contribution >= 4 is 21.8 Å². The highest BCUT2D eigenvalue weighted by atomic mass is 79.9. The van der Waals surface area contributed by atoms with Crippen molar-refractivity contribution in [2.75, 3.05) is 7.11 Å². The highest BCUT2D eigenvalue weighted by Gasteiger charge is 2.12. The third kappa shape index (κ3) is 4.99. The van der Waals surface area contributed by atoms with Gasteiger partial charge in [0.2, 0.25) is 0 Å². The molecule has 0 bridgehead atoms. The van der Waals surface area contributed by atoms with Crippen molar-refractivity contribution in [1.82, 2.24) is 5.32 Å². The van der Waals surface area contributed by atoms with E-state index in [4.69, 9.17) is 9.47 Å². The summed E-state index contributed by atoms with van der Waals surface area (Å²) in [5, 5.41) is 2.90. The average molecular weight is 378 g/mol. The fraction of sp³-hybridized carbons (Fsp3) is 0.278. The number of hydrogen-bond donors (Lipinski definition) is 1. The van der Waals surface area contributed by atoms with Gasteiger partial charge in [0.1, 0.15) is 11.5 Å². The summed E-state index contributed by atoms with van der Waals surface area (Å²) in [6.45, 7) is 4.41. The molecule has 0 saturated heterocycles. The van der Waals surface area contributed by atoms with E-state index in [2.05, 4.69) is 21.2 Å². The normalized spacial score (nSPS) is 10.5. The molecule has 23 heavy (non-hydrogen) atoms. The summed E-state index contributed by atoms with van der Waals surface area (Å²) in [4.78, 5) is 12.3. The topological polar surface area (TPSA) is 47.6 Å². The lowest BCUT2D eigenvalue weighted by atomic mass is 10.1. The van der Waals surface area contributed by atoms with Crippen LogP contribution < -0.4 is 14.8 Å². The van der Waals surface area contributed by atoms with Gasteiger partial charge < -0.3 is 14.8 Å². The second-order valence-electron chi connectivity index (χ2n) is 5.34. The van der Waals surface area contributed by atoms with Crippen LogP contribution in [0.3, 0.4) is 0 Å². The quantitative estimate of drug-likeness (QED) is 0.821. The van der Waals surface area contributed by atoms with Crippen molar-refractivity contribution in [3.63, 3.8) is 0 Å². The number of rotatable bonds is 6. The van der Waals surface area contributed by atoms with Crippen LogP contribution in [0.15, 0.2) is 46.9 Å². The SMILES string of the molecule is COc1ccc(Br)cc1C(=O)NCc1ccc(OC(C)C)cc1. The fourth-order valence-corrected chi connectivity index (χ4v) is 2.45. The molecule has 1 amide bonds. The minimum absolute atomic E-state index is 0.143. The molecule has 5 heteroatoms. The number of halogens is 1. The molecule has 2 rings (SSSR count). The van der Waals surface area contributed by atoms with Crippen molar-refractivity contribution in [1.29, 1.82) is 0 Å². The van der Waals surface area contributed by atoms with E-state index in [1.807, 2.05) is 44.2 Å². The summed E-state index contributed by atoms with van der Waals surface area (Å²) in [7, 11) is 1.55. The van der Waals surface area contributed by atoms with Crippen molar-refractivity contribution in [3.05, 3.63) is 58.1 Å². The molecule has 0 atom stereocenters. The number of carbonyl (C=O) groups is 1. The molecule has 1 N–H and O–H groups in total. The summed E-state index contributed by atoms with van der Waals surface area (Å²) < 4.78 is 11.7. The van der Waals surface area contributed by atoms with E-state index in [1.165, 1.54) is 0 Å². The van der Waals surface area contributed by atoms with E-state index in [0.29, 0.717) is 17.9 Å². The monoisotopic (exact) mass is 377 g/mol. The van der Waals surface area contributed by atoms with Crippen LogP contribution in [0.25, 0.3) is 0 Å². The first-order chi connectivity index (χ1) is 11.0. The molecular formula is C18H20BrNO3. The molecule has 0 saturated carbocycles. The van der Waals surface area contributed by atoms with Crippen molar-refractivity contribution < 1.29 is 14.3 Å². The number of hydrogen-bond acceptors (Lipinski definition) is 3. The van der Waals surface area contributed by atoms with Gasteiger partial charge in [-0.15, -0.1) is 0 Å². The second kappa shape index (κ2) is 8.02. The van der Waals surface area contributed by atoms with Crippen LogP contribution in [0, 0.1) is 0 Å². The number of nitrogens with one attached hydrogen (secondary N) is 1. The van der Waals surface area contributed by atoms with Gasteiger partial charge in [-0.3, -0.25) is 4.79 Å². The number of carbonyl (C=O) groups excluding carboxylic acids is 1. The van der Waals surface area contributed by atoms with Gasteiger partial charge in [-0.25, -0.2) is 0 Å². The Kier molecular flexibility index (Phi) is 6.04. The fourth-order valence-electron chi connectivity index (χ4n) is 2.09. The van der Waals surface area contributed by atoms with Crippen LogP contribution in [0.5, 0.6) is 11.5 Å². The van der Waals surface area contributed by atoms with Gasteiger partial charge in [-0.05, 0) is 49.7 Å². The molecule has 0 aliphatic heterocycles. The van der Waals surface area contributed by atoms with Crippen LogP contribution in [0.1, 0.15) is 29.8 Å². The van der Waals surface area contributed by atoms with Gasteiger partial charge in [0, 0.05) is 11.0 Å². The smallest absolute Gasteiger partial charge is 0.255 e. The highest BCUT2D eigenvalue weighted by molar-refractivity contribution is 9.10. The van der Waals surface area contributed by atoms with Gasteiger partial charge in [-0.2, -0.15) is 0 Å². The number of amides is 1. The van der Waals surface area contributed by atoms with Crippen LogP contribution in [-0.4, -0.2) is 19.1 Å². The largest absolute Gasteiger partial charge is 0.496 e. The Balaban J connectivity index is 2.00. The van der Waals surface area contributed by atoms with E-state index >= 15 is 0 Å². The first kappa shape index (κ1) is 17.3. The Morgan fingerprint density at radius 2 is 1.87 bits per heavy atom. The molecule has 0 aliphatic carbocycles. The molecule has 0 unspecified atom stereocenters. The Morgan fingerprint density at radius 3 is 2.48 bits per heavy atom. The van der Waals surface area contributed by atoms with Gasteiger partial charge in [0.25, 0.3) is 5.91 Å². The van der Waals surface area contributed by atoms with Crippen molar-refractivity contribution in [2.45, 2.75) is 26.5 Å². The lowest BCUT2D eigenvalue weighted by Gasteiger charge is -2.11. The van der Waals surface area contributed by atoms with E-state index in [1.54, 1.807) is 19.2 Å². The molecule has 0 radical (unpaired) electrons. The van der Waals surface area contributed by atoms with Gasteiger partial charge in [-0.1, -0.05) is 28.1 Å². The van der Waals surface area contributed by atoms with Crippen LogP contribution in [0.4, 0.5) is 0 Å². The van der Waals surface area contributed by atoms with Crippen molar-refractivity contribution in [3.8, 4) is 11.5 Å². The summed E-state index contributed by atoms with van der Waals surface area (Å²) >= 11 is 3.37. The first-order valence-electron chi connectivity index (χ1n) is 7.37. The molecule has 0 heterocycles. The van der Waals surface area contributed by atoms with Crippen LogP contribution in [-0.2, 0) is 6.54 Å². The maximum atomic E-state index is 12.3. The number of ether oxygens (including phenoxy) is 2. The predicted octanol–water partition coefficient (Wildman–Crippen LogP) is 4.17. The third-order valence-corrected chi connectivity index (χ3v) is 3.65. The average Bonchev–Trinajstić information content (AvgIpc) is 2.53. The Bertz CT molecular complexity index is 668. The minimum atomic E-state index is -0.175. The van der Waals surface area contributed by atoms with Crippen molar-refractivity contribution in [2.24, 2.45) is 0 Å². The minimum Gasteiger partial charge on any atom is -0.496 e. The molecule has 0 spiro atoms. The third-order valence-electron chi connectivity index (χ3n) is 3.15. The zero-order valence-corrected chi connectivity index (χ0v) is 15.0. The highest BCUT2D eigenvalue weighted by Crippen LogP contribution is 2.23. The molecular weight excluding hydrogens is 358 g/mol. The van der Waals surface area contributed by atoms with Crippen LogP contribution >= 0.6 is 15.9 Å². The first-order valence-corrected chi connectivity index (χ1v) is 8.16. The second-order valence-corrected chi connectivity index (χ2v) is 6.25. The molecule has 0 aliphatic rings. The lowest BCUT2D eigenvalue weighted by molar-refractivity contribution is 0.0948. The number of benzene rings is 2. The van der Waals surface area contributed by atoms with Gasteiger partial charge in [0.15, 0.2) is 0 Å². The Morgan fingerprint density at radius 1 is 1.17 bits per heavy atom. The summed E-state index contributed by atoms with van der Waals surface area (Å²) in [5.74, 6) is 1.20. The van der Waals surface area contributed by atoms with E-state index in [9.17, 15) is 4.79 Å². The summed E-state index contributed by atoms with van der Waals surface area (Å²) in [5.41, 5.74) is 1.50. The van der Waals surface area contributed by atoms with Gasteiger partial charge in [0.05, 0.1) is 18.8 Å². The molecule has 2 aromatic rings. The molecule has 4 nitrogen and oxygen atoms in total.